The Labute approximate surface area is 151 Å². The molecule has 0 spiro atoms. The van der Waals surface area contributed by atoms with Crippen LogP contribution in [-0.2, 0) is 6.42 Å². The number of rotatable bonds is 5. The number of hydrogen-bond donors (Lipinski definition) is 2. The molecule has 26 heavy (non-hydrogen) atoms. The average molecular weight is 348 g/mol. The molecule has 3 N–H and O–H groups in total. The number of nitrogens with two attached hydrogens (primary N) is 1. The quantitative estimate of drug-likeness (QED) is 0.742. The summed E-state index contributed by atoms with van der Waals surface area (Å²) in [6.07, 6.45) is 2.11. The summed E-state index contributed by atoms with van der Waals surface area (Å²) >= 11 is 0. The van der Waals surface area contributed by atoms with Gasteiger partial charge < -0.3 is 11.1 Å². The van der Waals surface area contributed by atoms with Crippen LogP contribution in [0.25, 0.3) is 5.69 Å². The third-order valence-corrected chi connectivity index (χ3v) is 4.15. The van der Waals surface area contributed by atoms with E-state index < -0.39 is 5.91 Å². The number of nitrogens with zero attached hydrogens (tertiary/aromatic N) is 2. The molecule has 0 bridgehead atoms. The predicted molar refractivity (Wildman–Crippen MR) is 101 cm³/mol. The number of carbonyl (C=O) groups excluding carboxylic acids is 2. The molecule has 3 rings (SSSR count). The molecule has 0 radical (unpaired) electrons. The highest BCUT2D eigenvalue weighted by atomic mass is 16.2. The van der Waals surface area contributed by atoms with Gasteiger partial charge >= 0.3 is 0 Å². The number of amides is 2. The Kier molecular flexibility index (Phi) is 4.84. The third kappa shape index (κ3) is 3.49. The Morgan fingerprint density at radius 2 is 1.73 bits per heavy atom. The first-order chi connectivity index (χ1) is 12.5. The molecule has 6 nitrogen and oxygen atoms in total. The van der Waals surface area contributed by atoms with E-state index in [1.807, 2.05) is 38.1 Å². The molecule has 0 atom stereocenters. The van der Waals surface area contributed by atoms with Gasteiger partial charge in [-0.15, -0.1) is 0 Å². The molecule has 1 heterocycles. The molecule has 0 aliphatic carbocycles. The number of nitrogens with one attached hydrogen (secondary N) is 1. The van der Waals surface area contributed by atoms with E-state index in [1.165, 1.54) is 6.20 Å². The smallest absolute Gasteiger partial charge is 0.255 e. The summed E-state index contributed by atoms with van der Waals surface area (Å²) in [5, 5.41) is 7.12. The second kappa shape index (κ2) is 7.23. The van der Waals surface area contributed by atoms with Crippen molar-refractivity contribution in [3.8, 4) is 5.69 Å². The molecule has 2 amide bonds. The molecule has 6 heteroatoms. The number of aromatic nitrogens is 2. The van der Waals surface area contributed by atoms with Crippen molar-refractivity contribution in [2.75, 3.05) is 5.32 Å². The van der Waals surface area contributed by atoms with Crippen molar-refractivity contribution in [1.29, 1.82) is 0 Å². The van der Waals surface area contributed by atoms with Crippen LogP contribution in [0.15, 0.2) is 54.7 Å². The van der Waals surface area contributed by atoms with Crippen LogP contribution in [-0.4, -0.2) is 21.6 Å². The number of carbonyl (C=O) groups is 2. The van der Waals surface area contributed by atoms with Gasteiger partial charge in [-0.25, -0.2) is 4.68 Å². The van der Waals surface area contributed by atoms with Gasteiger partial charge in [0.05, 0.1) is 23.1 Å². The van der Waals surface area contributed by atoms with Crippen LogP contribution in [0.1, 0.15) is 38.9 Å². The molecule has 3 aromatic rings. The van der Waals surface area contributed by atoms with Gasteiger partial charge in [-0.3, -0.25) is 9.59 Å². The number of primary amides is 1. The summed E-state index contributed by atoms with van der Waals surface area (Å²) in [5.74, 6) is -0.655. The lowest BCUT2D eigenvalue weighted by atomic mass is 10.1. The fourth-order valence-corrected chi connectivity index (χ4v) is 2.74. The van der Waals surface area contributed by atoms with Crippen molar-refractivity contribution in [2.45, 2.75) is 20.3 Å². The van der Waals surface area contributed by atoms with Gasteiger partial charge in [-0.05, 0) is 49.7 Å². The Morgan fingerprint density at radius 1 is 1.08 bits per heavy atom. The highest BCUT2D eigenvalue weighted by Crippen LogP contribution is 2.18. The standard InChI is InChI=1S/C20H20N4O2/c1-3-18-17(19(21)25)12-22-24(18)16-10-8-15(9-11-16)23-20(26)14-6-4-13(2)5-7-14/h4-12H,3H2,1-2H3,(H2,21,25)(H,23,26). The van der Waals surface area contributed by atoms with Crippen LogP contribution in [0.4, 0.5) is 5.69 Å². The summed E-state index contributed by atoms with van der Waals surface area (Å²) in [6.45, 7) is 3.92. The maximum absolute atomic E-state index is 12.3. The van der Waals surface area contributed by atoms with E-state index in [9.17, 15) is 9.59 Å². The lowest BCUT2D eigenvalue weighted by Gasteiger charge is -2.09. The van der Waals surface area contributed by atoms with Crippen LogP contribution in [0.5, 0.6) is 0 Å². The number of anilines is 1. The third-order valence-electron chi connectivity index (χ3n) is 4.15. The van der Waals surface area contributed by atoms with Gasteiger partial charge in [0, 0.05) is 11.3 Å². The second-order valence-electron chi connectivity index (χ2n) is 6.00. The van der Waals surface area contributed by atoms with Crippen molar-refractivity contribution in [2.24, 2.45) is 5.73 Å². The normalized spacial score (nSPS) is 10.5. The van der Waals surface area contributed by atoms with Crippen molar-refractivity contribution < 1.29 is 9.59 Å². The van der Waals surface area contributed by atoms with Gasteiger partial charge in [-0.2, -0.15) is 5.10 Å². The van der Waals surface area contributed by atoms with E-state index in [0.717, 1.165) is 16.9 Å². The molecule has 0 saturated carbocycles. The second-order valence-corrected chi connectivity index (χ2v) is 6.00. The lowest BCUT2D eigenvalue weighted by molar-refractivity contribution is 0.0996. The summed E-state index contributed by atoms with van der Waals surface area (Å²) in [4.78, 5) is 23.8. The number of aryl methyl sites for hydroxylation is 1. The fourth-order valence-electron chi connectivity index (χ4n) is 2.74. The molecule has 0 aliphatic heterocycles. The molecule has 0 saturated heterocycles. The van der Waals surface area contributed by atoms with E-state index >= 15 is 0 Å². The Bertz CT molecular complexity index is 941. The minimum Gasteiger partial charge on any atom is -0.365 e. The number of hydrogen-bond acceptors (Lipinski definition) is 3. The van der Waals surface area contributed by atoms with Crippen molar-refractivity contribution >= 4 is 17.5 Å². The van der Waals surface area contributed by atoms with Crippen LogP contribution in [0, 0.1) is 6.92 Å². The van der Waals surface area contributed by atoms with Crippen LogP contribution in [0.3, 0.4) is 0 Å². The lowest BCUT2D eigenvalue weighted by Crippen LogP contribution is -2.14. The predicted octanol–water partition coefficient (Wildman–Crippen LogP) is 3.09. The van der Waals surface area contributed by atoms with Gasteiger partial charge in [-0.1, -0.05) is 24.6 Å². The first-order valence-electron chi connectivity index (χ1n) is 8.34. The van der Waals surface area contributed by atoms with Gasteiger partial charge in [0.15, 0.2) is 0 Å². The van der Waals surface area contributed by atoms with Crippen LogP contribution >= 0.6 is 0 Å². The fraction of sp³-hybridized carbons (Fsp3) is 0.150. The molecule has 2 aromatic carbocycles. The summed E-state index contributed by atoms with van der Waals surface area (Å²) in [7, 11) is 0. The largest absolute Gasteiger partial charge is 0.365 e. The van der Waals surface area contributed by atoms with Crippen molar-refractivity contribution in [3.63, 3.8) is 0 Å². The minimum atomic E-state index is -0.491. The molecule has 0 aliphatic rings. The molecule has 1 aromatic heterocycles. The first kappa shape index (κ1) is 17.4. The van der Waals surface area contributed by atoms with E-state index in [4.69, 9.17) is 5.73 Å². The van der Waals surface area contributed by atoms with Crippen molar-refractivity contribution in [1.82, 2.24) is 9.78 Å². The molecular formula is C20H20N4O2. The summed E-state index contributed by atoms with van der Waals surface area (Å²) in [6, 6.07) is 14.7. The van der Waals surface area contributed by atoms with Crippen LogP contribution < -0.4 is 11.1 Å². The highest BCUT2D eigenvalue weighted by molar-refractivity contribution is 6.04. The zero-order valence-corrected chi connectivity index (χ0v) is 14.7. The van der Waals surface area contributed by atoms with Gasteiger partial charge in [0.1, 0.15) is 0 Å². The highest BCUT2D eigenvalue weighted by Gasteiger charge is 2.14. The first-order valence-corrected chi connectivity index (χ1v) is 8.34. The van der Waals surface area contributed by atoms with Crippen molar-refractivity contribution in [3.05, 3.63) is 77.1 Å². The maximum Gasteiger partial charge on any atom is 0.255 e. The van der Waals surface area contributed by atoms with E-state index in [1.54, 1.807) is 28.9 Å². The van der Waals surface area contributed by atoms with Gasteiger partial charge in [0.2, 0.25) is 0 Å². The van der Waals surface area contributed by atoms with Gasteiger partial charge in [0.25, 0.3) is 11.8 Å². The van der Waals surface area contributed by atoms with Crippen LogP contribution in [0.2, 0.25) is 0 Å². The van der Waals surface area contributed by atoms with E-state index in [2.05, 4.69) is 10.4 Å². The summed E-state index contributed by atoms with van der Waals surface area (Å²) < 4.78 is 1.69. The Morgan fingerprint density at radius 3 is 2.31 bits per heavy atom. The minimum absolute atomic E-state index is 0.165. The van der Waals surface area contributed by atoms with E-state index in [0.29, 0.717) is 23.2 Å². The average Bonchev–Trinajstić information content (AvgIpc) is 3.07. The van der Waals surface area contributed by atoms with E-state index in [-0.39, 0.29) is 5.91 Å². The summed E-state index contributed by atoms with van der Waals surface area (Å²) in [5.41, 5.74) is 9.75. The molecule has 0 unspecified atom stereocenters. The Hall–Kier alpha value is -3.41. The maximum atomic E-state index is 12.3. The number of benzene rings is 2. The monoisotopic (exact) mass is 348 g/mol. The topological polar surface area (TPSA) is 90.0 Å². The zero-order valence-electron chi connectivity index (χ0n) is 14.7. The zero-order chi connectivity index (χ0) is 18.7. The molecule has 0 fully saturated rings. The SMILES string of the molecule is CCc1c(C(N)=O)cnn1-c1ccc(NC(=O)c2ccc(C)cc2)cc1. The molecule has 132 valence electrons. The Balaban J connectivity index is 1.80. The molecular weight excluding hydrogens is 328 g/mol.